The van der Waals surface area contributed by atoms with Crippen LogP contribution in [0.5, 0.6) is 0 Å². The standard InChI is InChI=1S/C18H23NO/c1-3-10-19-18(17-9-8-13(2)20-17)16-11-14-6-4-5-7-15(14)12-16/h4-9,16,18-19H,3,10-12H2,1-2H3. The van der Waals surface area contributed by atoms with Crippen LogP contribution in [-0.4, -0.2) is 6.54 Å². The minimum absolute atomic E-state index is 0.330. The summed E-state index contributed by atoms with van der Waals surface area (Å²) in [7, 11) is 0. The fraction of sp³-hybridized carbons (Fsp3) is 0.444. The molecule has 3 rings (SSSR count). The minimum Gasteiger partial charge on any atom is -0.465 e. The van der Waals surface area contributed by atoms with Crippen molar-refractivity contribution in [1.82, 2.24) is 5.32 Å². The van der Waals surface area contributed by atoms with Crippen molar-refractivity contribution >= 4 is 0 Å². The Kier molecular flexibility index (Phi) is 3.93. The van der Waals surface area contributed by atoms with Crippen molar-refractivity contribution in [2.45, 2.75) is 39.2 Å². The van der Waals surface area contributed by atoms with Crippen LogP contribution in [0.15, 0.2) is 40.8 Å². The van der Waals surface area contributed by atoms with Gasteiger partial charge in [0, 0.05) is 0 Å². The Bertz CT molecular complexity index is 547. The van der Waals surface area contributed by atoms with Crippen LogP contribution in [0.4, 0.5) is 0 Å². The highest BCUT2D eigenvalue weighted by Crippen LogP contribution is 2.35. The maximum Gasteiger partial charge on any atom is 0.121 e. The lowest BCUT2D eigenvalue weighted by molar-refractivity contribution is 0.312. The summed E-state index contributed by atoms with van der Waals surface area (Å²) in [6, 6.07) is 13.3. The van der Waals surface area contributed by atoms with Gasteiger partial charge < -0.3 is 9.73 Å². The van der Waals surface area contributed by atoms with E-state index in [1.54, 1.807) is 0 Å². The lowest BCUT2D eigenvalue weighted by Crippen LogP contribution is -2.29. The second-order valence-corrected chi connectivity index (χ2v) is 5.82. The van der Waals surface area contributed by atoms with E-state index >= 15 is 0 Å². The van der Waals surface area contributed by atoms with Crippen LogP contribution in [0, 0.1) is 12.8 Å². The molecule has 1 unspecified atom stereocenters. The van der Waals surface area contributed by atoms with E-state index in [0.717, 1.165) is 37.3 Å². The molecule has 0 saturated heterocycles. The zero-order chi connectivity index (χ0) is 13.9. The van der Waals surface area contributed by atoms with E-state index in [1.807, 2.05) is 6.92 Å². The molecule has 1 heterocycles. The van der Waals surface area contributed by atoms with E-state index in [0.29, 0.717) is 12.0 Å². The van der Waals surface area contributed by atoms with Gasteiger partial charge in [0.2, 0.25) is 0 Å². The quantitative estimate of drug-likeness (QED) is 0.886. The van der Waals surface area contributed by atoms with Gasteiger partial charge >= 0.3 is 0 Å². The highest BCUT2D eigenvalue weighted by atomic mass is 16.3. The molecule has 1 aromatic heterocycles. The Labute approximate surface area is 121 Å². The van der Waals surface area contributed by atoms with Gasteiger partial charge in [-0.15, -0.1) is 0 Å². The molecule has 0 aliphatic heterocycles. The lowest BCUT2D eigenvalue weighted by atomic mass is 9.94. The van der Waals surface area contributed by atoms with Gasteiger partial charge in [0.1, 0.15) is 11.5 Å². The van der Waals surface area contributed by atoms with Crippen LogP contribution in [-0.2, 0) is 12.8 Å². The fourth-order valence-corrected chi connectivity index (χ4v) is 3.25. The number of aryl methyl sites for hydroxylation is 1. The summed E-state index contributed by atoms with van der Waals surface area (Å²) in [4.78, 5) is 0. The molecular formula is C18H23NO. The molecule has 1 aromatic carbocycles. The van der Waals surface area contributed by atoms with Crippen molar-refractivity contribution in [3.05, 3.63) is 59.0 Å². The van der Waals surface area contributed by atoms with E-state index in [1.165, 1.54) is 11.1 Å². The first-order chi connectivity index (χ1) is 9.78. The van der Waals surface area contributed by atoms with Crippen molar-refractivity contribution in [2.75, 3.05) is 6.54 Å². The average Bonchev–Trinajstić information content (AvgIpc) is 3.05. The summed E-state index contributed by atoms with van der Waals surface area (Å²) in [5.74, 6) is 2.69. The Morgan fingerprint density at radius 2 is 1.85 bits per heavy atom. The van der Waals surface area contributed by atoms with Gasteiger partial charge in [0.25, 0.3) is 0 Å². The summed E-state index contributed by atoms with van der Waals surface area (Å²) in [6.45, 7) is 5.27. The SMILES string of the molecule is CCCNC(c1ccc(C)o1)C1Cc2ccccc2C1. The fourth-order valence-electron chi connectivity index (χ4n) is 3.25. The van der Waals surface area contributed by atoms with Crippen molar-refractivity contribution in [3.8, 4) is 0 Å². The molecule has 2 heteroatoms. The highest BCUT2D eigenvalue weighted by Gasteiger charge is 2.30. The van der Waals surface area contributed by atoms with E-state index in [-0.39, 0.29) is 0 Å². The van der Waals surface area contributed by atoms with Gasteiger partial charge in [0.15, 0.2) is 0 Å². The zero-order valence-electron chi connectivity index (χ0n) is 12.4. The van der Waals surface area contributed by atoms with Crippen molar-refractivity contribution in [3.63, 3.8) is 0 Å². The number of hydrogen-bond donors (Lipinski definition) is 1. The molecule has 1 atom stereocenters. The second kappa shape index (κ2) is 5.84. The third-order valence-corrected chi connectivity index (χ3v) is 4.24. The van der Waals surface area contributed by atoms with E-state index in [4.69, 9.17) is 4.42 Å². The molecule has 1 aliphatic carbocycles. The molecule has 106 valence electrons. The molecule has 1 aliphatic rings. The molecular weight excluding hydrogens is 246 g/mol. The molecule has 0 radical (unpaired) electrons. The molecule has 2 nitrogen and oxygen atoms in total. The molecule has 0 spiro atoms. The van der Waals surface area contributed by atoms with Gasteiger partial charge in [-0.25, -0.2) is 0 Å². The Morgan fingerprint density at radius 1 is 1.15 bits per heavy atom. The monoisotopic (exact) mass is 269 g/mol. The maximum atomic E-state index is 5.89. The number of rotatable bonds is 5. The summed E-state index contributed by atoms with van der Waals surface area (Å²) in [5.41, 5.74) is 3.01. The average molecular weight is 269 g/mol. The van der Waals surface area contributed by atoms with Crippen molar-refractivity contribution in [2.24, 2.45) is 5.92 Å². The molecule has 0 saturated carbocycles. The van der Waals surface area contributed by atoms with E-state index in [9.17, 15) is 0 Å². The van der Waals surface area contributed by atoms with Gasteiger partial charge in [-0.3, -0.25) is 0 Å². The second-order valence-electron chi connectivity index (χ2n) is 5.82. The summed E-state index contributed by atoms with van der Waals surface area (Å²) >= 11 is 0. The van der Waals surface area contributed by atoms with Gasteiger partial charge in [-0.05, 0) is 61.9 Å². The summed E-state index contributed by atoms with van der Waals surface area (Å²) in [5, 5.41) is 3.68. The Balaban J connectivity index is 1.81. The number of furan rings is 1. The molecule has 1 N–H and O–H groups in total. The topological polar surface area (TPSA) is 25.2 Å². The predicted molar refractivity (Wildman–Crippen MR) is 81.8 cm³/mol. The number of nitrogens with one attached hydrogen (secondary N) is 1. The molecule has 0 fully saturated rings. The largest absolute Gasteiger partial charge is 0.465 e. The van der Waals surface area contributed by atoms with Crippen LogP contribution >= 0.6 is 0 Å². The molecule has 20 heavy (non-hydrogen) atoms. The maximum absolute atomic E-state index is 5.89. The number of benzene rings is 1. The van der Waals surface area contributed by atoms with E-state index in [2.05, 4.69) is 48.6 Å². The van der Waals surface area contributed by atoms with E-state index < -0.39 is 0 Å². The lowest BCUT2D eigenvalue weighted by Gasteiger charge is -2.22. The number of fused-ring (bicyclic) bond motifs is 1. The highest BCUT2D eigenvalue weighted by molar-refractivity contribution is 5.33. The van der Waals surface area contributed by atoms with Crippen LogP contribution in [0.3, 0.4) is 0 Å². The number of hydrogen-bond acceptors (Lipinski definition) is 2. The van der Waals surface area contributed by atoms with Crippen LogP contribution in [0.1, 0.15) is 42.0 Å². The minimum atomic E-state index is 0.330. The molecule has 0 amide bonds. The van der Waals surface area contributed by atoms with Crippen LogP contribution in [0.2, 0.25) is 0 Å². The Morgan fingerprint density at radius 3 is 2.40 bits per heavy atom. The summed E-state index contributed by atoms with van der Waals surface area (Å²) in [6.07, 6.45) is 3.45. The van der Waals surface area contributed by atoms with Crippen LogP contribution < -0.4 is 5.32 Å². The summed E-state index contributed by atoms with van der Waals surface area (Å²) < 4.78 is 5.89. The van der Waals surface area contributed by atoms with Crippen molar-refractivity contribution < 1.29 is 4.42 Å². The third kappa shape index (κ3) is 2.66. The van der Waals surface area contributed by atoms with Crippen LogP contribution in [0.25, 0.3) is 0 Å². The molecule has 2 aromatic rings. The zero-order valence-corrected chi connectivity index (χ0v) is 12.4. The first-order valence-electron chi connectivity index (χ1n) is 7.64. The molecule has 0 bridgehead atoms. The predicted octanol–water partition coefficient (Wildman–Crippen LogP) is 4.04. The Hall–Kier alpha value is -1.54. The van der Waals surface area contributed by atoms with Gasteiger partial charge in [0.05, 0.1) is 6.04 Å². The van der Waals surface area contributed by atoms with Gasteiger partial charge in [-0.2, -0.15) is 0 Å². The smallest absolute Gasteiger partial charge is 0.121 e. The van der Waals surface area contributed by atoms with Crippen molar-refractivity contribution in [1.29, 1.82) is 0 Å². The first-order valence-corrected chi connectivity index (χ1v) is 7.64. The van der Waals surface area contributed by atoms with Gasteiger partial charge in [-0.1, -0.05) is 31.2 Å². The first kappa shape index (κ1) is 13.4. The normalized spacial score (nSPS) is 16.3. The third-order valence-electron chi connectivity index (χ3n) is 4.24.